The van der Waals surface area contributed by atoms with Gasteiger partial charge < -0.3 is 9.64 Å². The van der Waals surface area contributed by atoms with Crippen LogP contribution in [-0.4, -0.2) is 55.1 Å². The van der Waals surface area contributed by atoms with Crippen LogP contribution in [0.3, 0.4) is 0 Å². The number of ether oxygens (including phenoxy) is 1. The van der Waals surface area contributed by atoms with Gasteiger partial charge in [-0.2, -0.15) is 0 Å². The Kier molecular flexibility index (Phi) is 4.12. The smallest absolute Gasteiger partial charge is 0.337 e. The van der Waals surface area contributed by atoms with Crippen LogP contribution in [0, 0.1) is 11.2 Å². The highest BCUT2D eigenvalue weighted by Crippen LogP contribution is 2.51. The Bertz CT molecular complexity index is 691. The van der Waals surface area contributed by atoms with Crippen LogP contribution in [0.25, 0.3) is 0 Å². The van der Waals surface area contributed by atoms with E-state index in [1.807, 2.05) is 6.07 Å². The van der Waals surface area contributed by atoms with E-state index in [0.717, 1.165) is 30.5 Å². The van der Waals surface area contributed by atoms with E-state index >= 15 is 0 Å². The first-order valence-corrected chi connectivity index (χ1v) is 9.28. The Morgan fingerprint density at radius 3 is 2.68 bits per heavy atom. The molecular weight excluding hydrogens is 319 g/mol. The normalized spacial score (nSPS) is 26.0. The minimum absolute atomic E-state index is 0.262. The van der Waals surface area contributed by atoms with Crippen molar-refractivity contribution >= 4 is 5.97 Å². The summed E-state index contributed by atoms with van der Waals surface area (Å²) in [6, 6.07) is 4.15. The maximum absolute atomic E-state index is 14.6. The number of fused-ring (bicyclic) bond motifs is 1. The molecule has 25 heavy (non-hydrogen) atoms. The van der Waals surface area contributed by atoms with Gasteiger partial charge in [0.05, 0.1) is 12.7 Å². The fraction of sp³-hybridized carbons (Fsp3) is 0.650. The second-order valence-electron chi connectivity index (χ2n) is 8.26. The molecule has 4 rings (SSSR count). The highest BCUT2D eigenvalue weighted by Gasteiger charge is 2.53. The molecule has 1 saturated carbocycles. The fourth-order valence-corrected chi connectivity index (χ4v) is 5.32. The molecule has 4 nitrogen and oxygen atoms in total. The van der Waals surface area contributed by atoms with Gasteiger partial charge in [-0.25, -0.2) is 9.18 Å². The summed E-state index contributed by atoms with van der Waals surface area (Å²) in [4.78, 5) is 16.8. The Hall–Kier alpha value is -1.46. The van der Waals surface area contributed by atoms with E-state index < -0.39 is 5.97 Å². The van der Waals surface area contributed by atoms with Crippen LogP contribution >= 0.6 is 0 Å². The molecule has 1 atom stereocenters. The van der Waals surface area contributed by atoms with Crippen LogP contribution in [0.1, 0.15) is 47.7 Å². The maximum Gasteiger partial charge on any atom is 0.337 e. The number of carbonyl (C=O) groups excluding carboxylic acids is 1. The van der Waals surface area contributed by atoms with Gasteiger partial charge in [0.15, 0.2) is 0 Å². The molecule has 0 N–H and O–H groups in total. The van der Waals surface area contributed by atoms with Gasteiger partial charge in [0.2, 0.25) is 0 Å². The Morgan fingerprint density at radius 1 is 1.36 bits per heavy atom. The molecule has 0 radical (unpaired) electrons. The van der Waals surface area contributed by atoms with Gasteiger partial charge in [-0.15, -0.1) is 0 Å². The standard InChI is InChI=1S/C20H27FN2O2/c1-4-15-7-17-14(5-13(6-18(17)21)19(24)25-3)10-23(15)16-8-20(9-16)11-22(2)12-20/h5-6,15-16H,4,7-12H2,1-3H3. The zero-order valence-corrected chi connectivity index (χ0v) is 15.3. The van der Waals surface area contributed by atoms with Crippen LogP contribution in [-0.2, 0) is 17.7 Å². The second kappa shape index (κ2) is 6.06. The number of hydrogen-bond acceptors (Lipinski definition) is 4. The summed E-state index contributed by atoms with van der Waals surface area (Å²) in [6.07, 6.45) is 4.27. The van der Waals surface area contributed by atoms with Crippen LogP contribution < -0.4 is 0 Å². The highest BCUT2D eigenvalue weighted by molar-refractivity contribution is 5.89. The third kappa shape index (κ3) is 2.77. The maximum atomic E-state index is 14.6. The predicted molar refractivity (Wildman–Crippen MR) is 94.0 cm³/mol. The van der Waals surface area contributed by atoms with Crippen molar-refractivity contribution in [2.24, 2.45) is 5.41 Å². The summed E-state index contributed by atoms with van der Waals surface area (Å²) in [5, 5.41) is 0. The summed E-state index contributed by atoms with van der Waals surface area (Å²) in [5.41, 5.74) is 2.60. The summed E-state index contributed by atoms with van der Waals surface area (Å²) >= 11 is 0. The SMILES string of the molecule is CCC1Cc2c(F)cc(C(=O)OC)cc2CN1C1CC2(C1)CN(C)C2. The van der Waals surface area contributed by atoms with Crippen molar-refractivity contribution in [1.29, 1.82) is 0 Å². The molecule has 1 aromatic carbocycles. The van der Waals surface area contributed by atoms with Crippen molar-refractivity contribution < 1.29 is 13.9 Å². The Labute approximate surface area is 148 Å². The van der Waals surface area contributed by atoms with Gasteiger partial charge in [0.1, 0.15) is 5.82 Å². The quantitative estimate of drug-likeness (QED) is 0.788. The van der Waals surface area contributed by atoms with Gasteiger partial charge in [0, 0.05) is 31.7 Å². The number of likely N-dealkylation sites (tertiary alicyclic amines) is 1. The van der Waals surface area contributed by atoms with Crippen molar-refractivity contribution in [3.05, 3.63) is 34.6 Å². The molecule has 2 aliphatic heterocycles. The minimum atomic E-state index is -0.467. The molecular formula is C20H27FN2O2. The van der Waals surface area contributed by atoms with Gasteiger partial charge >= 0.3 is 5.97 Å². The van der Waals surface area contributed by atoms with Crippen molar-refractivity contribution in [3.63, 3.8) is 0 Å². The zero-order valence-electron chi connectivity index (χ0n) is 15.3. The summed E-state index contributed by atoms with van der Waals surface area (Å²) in [6.45, 7) is 5.36. The molecule has 1 aromatic rings. The Balaban J connectivity index is 1.56. The lowest BCUT2D eigenvalue weighted by Crippen LogP contribution is -2.66. The fourth-order valence-electron chi connectivity index (χ4n) is 5.32. The lowest BCUT2D eigenvalue weighted by Gasteiger charge is -2.62. The minimum Gasteiger partial charge on any atom is -0.465 e. The number of benzene rings is 1. The molecule has 0 aromatic heterocycles. The van der Waals surface area contributed by atoms with Crippen LogP contribution in [0.5, 0.6) is 0 Å². The molecule has 136 valence electrons. The monoisotopic (exact) mass is 346 g/mol. The first-order valence-electron chi connectivity index (χ1n) is 9.28. The van der Waals surface area contributed by atoms with Crippen LogP contribution in [0.15, 0.2) is 12.1 Å². The number of methoxy groups -OCH3 is 1. The number of nitrogens with zero attached hydrogens (tertiary/aromatic N) is 2. The van der Waals surface area contributed by atoms with Gasteiger partial charge in [-0.3, -0.25) is 4.90 Å². The van der Waals surface area contributed by atoms with Crippen molar-refractivity contribution in [2.75, 3.05) is 27.2 Å². The van der Waals surface area contributed by atoms with E-state index in [1.54, 1.807) is 0 Å². The zero-order chi connectivity index (χ0) is 17.8. The molecule has 1 unspecified atom stereocenters. The molecule has 3 aliphatic rings. The molecule has 5 heteroatoms. The molecule has 1 aliphatic carbocycles. The Morgan fingerprint density at radius 2 is 2.08 bits per heavy atom. The number of halogens is 1. The molecule has 0 amide bonds. The highest BCUT2D eigenvalue weighted by atomic mass is 19.1. The third-order valence-electron chi connectivity index (χ3n) is 6.46. The molecule has 0 bridgehead atoms. The summed E-state index contributed by atoms with van der Waals surface area (Å²) < 4.78 is 19.3. The number of esters is 1. The summed E-state index contributed by atoms with van der Waals surface area (Å²) in [7, 11) is 3.52. The van der Waals surface area contributed by atoms with E-state index in [4.69, 9.17) is 4.74 Å². The van der Waals surface area contributed by atoms with E-state index in [0.29, 0.717) is 23.1 Å². The topological polar surface area (TPSA) is 32.8 Å². The average Bonchev–Trinajstić information content (AvgIpc) is 2.54. The predicted octanol–water partition coefficient (Wildman–Crippen LogP) is 2.84. The van der Waals surface area contributed by atoms with E-state index in [-0.39, 0.29) is 5.82 Å². The third-order valence-corrected chi connectivity index (χ3v) is 6.46. The molecule has 1 spiro atoms. The largest absolute Gasteiger partial charge is 0.465 e. The van der Waals surface area contributed by atoms with Crippen LogP contribution in [0.2, 0.25) is 0 Å². The van der Waals surface area contributed by atoms with E-state index in [9.17, 15) is 9.18 Å². The lowest BCUT2D eigenvalue weighted by atomic mass is 9.60. The molecule has 1 saturated heterocycles. The van der Waals surface area contributed by atoms with Crippen LogP contribution in [0.4, 0.5) is 4.39 Å². The van der Waals surface area contributed by atoms with Crippen molar-refractivity contribution in [3.8, 4) is 0 Å². The van der Waals surface area contributed by atoms with E-state index in [1.165, 1.54) is 39.1 Å². The van der Waals surface area contributed by atoms with Gasteiger partial charge in [0.25, 0.3) is 0 Å². The number of hydrogen-bond donors (Lipinski definition) is 0. The number of carbonyl (C=O) groups is 1. The molecule has 2 fully saturated rings. The second-order valence-corrected chi connectivity index (χ2v) is 8.26. The summed E-state index contributed by atoms with van der Waals surface area (Å²) in [5.74, 6) is -0.729. The molecule has 2 heterocycles. The number of rotatable bonds is 3. The first kappa shape index (κ1) is 17.0. The van der Waals surface area contributed by atoms with E-state index in [2.05, 4.69) is 23.8 Å². The first-order chi connectivity index (χ1) is 11.9. The van der Waals surface area contributed by atoms with Gasteiger partial charge in [-0.05, 0) is 61.4 Å². The van der Waals surface area contributed by atoms with Crippen molar-refractivity contribution in [1.82, 2.24) is 9.80 Å². The lowest BCUT2D eigenvalue weighted by molar-refractivity contribution is -0.112. The van der Waals surface area contributed by atoms with Gasteiger partial charge in [-0.1, -0.05) is 6.92 Å². The average molecular weight is 346 g/mol. The van der Waals surface area contributed by atoms with Crippen molar-refractivity contribution in [2.45, 2.75) is 51.2 Å².